The van der Waals surface area contributed by atoms with Crippen molar-refractivity contribution in [1.82, 2.24) is 9.55 Å². The second-order valence-corrected chi connectivity index (χ2v) is 7.17. The molecule has 0 atom stereocenters. The molecular formula is C22H32N4O5. The first-order valence-electron chi connectivity index (χ1n) is 10.6. The van der Waals surface area contributed by atoms with E-state index in [0.717, 1.165) is 18.6 Å². The maximum absolute atomic E-state index is 12.9. The lowest BCUT2D eigenvalue weighted by molar-refractivity contribution is -0.118. The molecule has 0 spiro atoms. The predicted octanol–water partition coefficient (Wildman–Crippen LogP) is 2.53. The molecule has 0 saturated carbocycles. The van der Waals surface area contributed by atoms with Crippen molar-refractivity contribution < 1.29 is 14.3 Å². The summed E-state index contributed by atoms with van der Waals surface area (Å²) < 4.78 is 12.1. The van der Waals surface area contributed by atoms with Crippen LogP contribution in [-0.4, -0.2) is 35.7 Å². The molecule has 3 N–H and O–H groups in total. The number of rotatable bonds is 12. The lowest BCUT2D eigenvalue weighted by atomic mass is 10.2. The Morgan fingerprint density at radius 2 is 1.77 bits per heavy atom. The normalized spacial score (nSPS) is 10.7. The Hall–Kier alpha value is -3.23. The minimum atomic E-state index is -0.647. The van der Waals surface area contributed by atoms with E-state index in [9.17, 15) is 14.4 Å². The number of nitrogens with two attached hydrogens (primary N) is 1. The number of anilines is 2. The molecule has 1 amide bonds. The van der Waals surface area contributed by atoms with E-state index in [-0.39, 0.29) is 23.8 Å². The first kappa shape index (κ1) is 24.0. The van der Waals surface area contributed by atoms with Crippen molar-refractivity contribution in [3.63, 3.8) is 0 Å². The smallest absolute Gasteiger partial charge is 0.330 e. The summed E-state index contributed by atoms with van der Waals surface area (Å²) in [6.07, 6.45) is 2.90. The van der Waals surface area contributed by atoms with Gasteiger partial charge in [-0.05, 0) is 43.5 Å². The number of amides is 1. The third-order valence-corrected chi connectivity index (χ3v) is 4.83. The molecule has 0 aliphatic carbocycles. The third-order valence-electron chi connectivity index (χ3n) is 4.83. The summed E-state index contributed by atoms with van der Waals surface area (Å²) in [5.74, 6) is 1.21. The van der Waals surface area contributed by atoms with E-state index in [1.807, 2.05) is 13.8 Å². The summed E-state index contributed by atoms with van der Waals surface area (Å²) in [5, 5.41) is 0. The quantitative estimate of drug-likeness (QED) is 0.497. The predicted molar refractivity (Wildman–Crippen MR) is 121 cm³/mol. The number of nitrogen functional groups attached to an aromatic ring is 1. The number of carbonyl (C=O) groups excluding carboxylic acids is 1. The van der Waals surface area contributed by atoms with Crippen molar-refractivity contribution in [2.75, 3.05) is 30.9 Å². The number of aromatic nitrogens is 2. The zero-order valence-corrected chi connectivity index (χ0v) is 18.5. The van der Waals surface area contributed by atoms with Crippen LogP contribution in [0.1, 0.15) is 46.0 Å². The molecule has 2 aromatic rings. The molecule has 0 fully saturated rings. The summed E-state index contributed by atoms with van der Waals surface area (Å²) in [7, 11) is 1.59. The topological polar surface area (TPSA) is 120 Å². The number of methoxy groups -OCH3 is 1. The number of nitrogens with zero attached hydrogens (tertiary/aromatic N) is 2. The summed E-state index contributed by atoms with van der Waals surface area (Å²) in [6, 6.07) is 7.19. The highest BCUT2D eigenvalue weighted by Gasteiger charge is 2.23. The average molecular weight is 433 g/mol. The number of benzene rings is 1. The van der Waals surface area contributed by atoms with Gasteiger partial charge >= 0.3 is 5.69 Å². The van der Waals surface area contributed by atoms with E-state index < -0.39 is 11.2 Å². The van der Waals surface area contributed by atoms with Crippen LogP contribution in [0.15, 0.2) is 33.9 Å². The Labute approximate surface area is 181 Å². The number of hydrogen-bond acceptors (Lipinski definition) is 6. The van der Waals surface area contributed by atoms with E-state index >= 15 is 0 Å². The highest BCUT2D eigenvalue weighted by molar-refractivity contribution is 5.95. The van der Waals surface area contributed by atoms with Crippen LogP contribution >= 0.6 is 0 Å². The van der Waals surface area contributed by atoms with Crippen LogP contribution in [0.25, 0.3) is 0 Å². The van der Waals surface area contributed by atoms with Gasteiger partial charge in [0, 0.05) is 19.5 Å². The largest absolute Gasteiger partial charge is 0.497 e. The summed E-state index contributed by atoms with van der Waals surface area (Å²) in [6.45, 7) is 4.96. The van der Waals surface area contributed by atoms with E-state index in [1.165, 1.54) is 9.47 Å². The van der Waals surface area contributed by atoms with Gasteiger partial charge < -0.3 is 20.1 Å². The first-order valence-corrected chi connectivity index (χ1v) is 10.6. The number of nitrogens with one attached hydrogen (secondary N) is 1. The summed E-state index contributed by atoms with van der Waals surface area (Å²) in [5.41, 5.74) is 5.00. The van der Waals surface area contributed by atoms with Gasteiger partial charge in [-0.15, -0.1) is 0 Å². The van der Waals surface area contributed by atoms with Crippen molar-refractivity contribution >= 4 is 17.4 Å². The fourth-order valence-electron chi connectivity index (χ4n) is 3.18. The van der Waals surface area contributed by atoms with Crippen LogP contribution in [0.5, 0.6) is 11.5 Å². The molecule has 1 aromatic heterocycles. The van der Waals surface area contributed by atoms with E-state index in [2.05, 4.69) is 4.98 Å². The van der Waals surface area contributed by atoms with Crippen LogP contribution in [-0.2, 0) is 11.3 Å². The minimum Gasteiger partial charge on any atom is -0.497 e. The van der Waals surface area contributed by atoms with E-state index in [1.54, 1.807) is 31.4 Å². The average Bonchev–Trinajstić information content (AvgIpc) is 2.76. The number of ether oxygens (including phenoxy) is 2. The molecule has 0 bridgehead atoms. The number of unbranched alkanes of at least 4 members (excludes halogenated alkanes) is 1. The van der Waals surface area contributed by atoms with Crippen LogP contribution in [0.4, 0.5) is 11.5 Å². The molecule has 0 saturated heterocycles. The molecule has 1 heterocycles. The van der Waals surface area contributed by atoms with Crippen LogP contribution in [0, 0.1) is 0 Å². The van der Waals surface area contributed by atoms with Gasteiger partial charge in [0.2, 0.25) is 5.91 Å². The Morgan fingerprint density at radius 1 is 1.10 bits per heavy atom. The minimum absolute atomic E-state index is 0.0264. The molecule has 9 heteroatoms. The SMILES string of the molecule is CCCCn1c(N)c(N(CCC)C(=O)CCCOc2ccc(OC)cc2)c(=O)[nH]c1=O. The molecular weight excluding hydrogens is 400 g/mol. The highest BCUT2D eigenvalue weighted by Crippen LogP contribution is 2.20. The Kier molecular flexibility index (Phi) is 9.17. The molecule has 170 valence electrons. The molecule has 2 rings (SSSR count). The first-order chi connectivity index (χ1) is 14.9. The number of aromatic amines is 1. The standard InChI is InChI=1S/C22H32N4O5/c1-4-6-14-26-20(23)19(21(28)24-22(26)29)25(13-5-2)18(27)8-7-15-31-17-11-9-16(30-3)10-12-17/h9-12H,4-8,13-15,23H2,1-3H3,(H,24,28,29). The van der Waals surface area contributed by atoms with Crippen molar-refractivity contribution in [2.24, 2.45) is 0 Å². The lowest BCUT2D eigenvalue weighted by Crippen LogP contribution is -2.41. The number of H-pyrrole nitrogens is 1. The molecule has 31 heavy (non-hydrogen) atoms. The second kappa shape index (κ2) is 11.8. The Bertz CT molecular complexity index is 965. The van der Waals surface area contributed by atoms with Crippen molar-refractivity contribution in [3.05, 3.63) is 45.1 Å². The monoisotopic (exact) mass is 432 g/mol. The van der Waals surface area contributed by atoms with Crippen LogP contribution in [0.3, 0.4) is 0 Å². The van der Waals surface area contributed by atoms with Gasteiger partial charge in [0.15, 0.2) is 5.69 Å². The number of hydrogen-bond donors (Lipinski definition) is 2. The van der Waals surface area contributed by atoms with Gasteiger partial charge in [0.1, 0.15) is 17.3 Å². The van der Waals surface area contributed by atoms with E-state index in [0.29, 0.717) is 38.3 Å². The van der Waals surface area contributed by atoms with Gasteiger partial charge in [0.05, 0.1) is 13.7 Å². The van der Waals surface area contributed by atoms with Gasteiger partial charge in [-0.3, -0.25) is 19.1 Å². The van der Waals surface area contributed by atoms with Gasteiger partial charge in [0.25, 0.3) is 5.56 Å². The van der Waals surface area contributed by atoms with Gasteiger partial charge in [-0.1, -0.05) is 20.3 Å². The fourth-order valence-corrected chi connectivity index (χ4v) is 3.18. The molecule has 1 aromatic carbocycles. The zero-order valence-electron chi connectivity index (χ0n) is 18.5. The van der Waals surface area contributed by atoms with Crippen LogP contribution < -0.4 is 31.4 Å². The van der Waals surface area contributed by atoms with Crippen LogP contribution in [0.2, 0.25) is 0 Å². The van der Waals surface area contributed by atoms with Gasteiger partial charge in [-0.2, -0.15) is 0 Å². The maximum atomic E-state index is 12.9. The zero-order chi connectivity index (χ0) is 22.8. The molecule has 0 radical (unpaired) electrons. The summed E-state index contributed by atoms with van der Waals surface area (Å²) in [4.78, 5) is 41.2. The van der Waals surface area contributed by atoms with Gasteiger partial charge in [-0.25, -0.2) is 4.79 Å². The van der Waals surface area contributed by atoms with Crippen molar-refractivity contribution in [3.8, 4) is 11.5 Å². The fraction of sp³-hybridized carbons (Fsp3) is 0.500. The van der Waals surface area contributed by atoms with E-state index in [4.69, 9.17) is 15.2 Å². The molecule has 0 unspecified atom stereocenters. The third kappa shape index (κ3) is 6.37. The maximum Gasteiger partial charge on any atom is 0.330 e. The summed E-state index contributed by atoms with van der Waals surface area (Å²) >= 11 is 0. The Morgan fingerprint density at radius 3 is 2.39 bits per heavy atom. The van der Waals surface area contributed by atoms with Crippen molar-refractivity contribution in [1.29, 1.82) is 0 Å². The highest BCUT2D eigenvalue weighted by atomic mass is 16.5. The molecule has 9 nitrogen and oxygen atoms in total. The molecule has 0 aliphatic heterocycles. The lowest BCUT2D eigenvalue weighted by Gasteiger charge is -2.24. The molecule has 0 aliphatic rings. The van der Waals surface area contributed by atoms with Crippen molar-refractivity contribution in [2.45, 2.75) is 52.5 Å². The number of carbonyl (C=O) groups is 1. The Balaban J connectivity index is 2.09. The second-order valence-electron chi connectivity index (χ2n) is 7.17.